The molecule has 2 N–H and O–H groups in total. The number of amides is 2. The van der Waals surface area contributed by atoms with Crippen LogP contribution in [0.15, 0.2) is 103 Å². The second-order valence-corrected chi connectivity index (χ2v) is 11.2. The van der Waals surface area contributed by atoms with Crippen molar-refractivity contribution < 1.29 is 32.3 Å². The van der Waals surface area contributed by atoms with Crippen LogP contribution in [0.3, 0.4) is 0 Å². The number of halogens is 3. The molecule has 0 radical (unpaired) electrons. The first-order valence-corrected chi connectivity index (χ1v) is 15.3. The smallest absolute Gasteiger partial charge is 0.416 e. The molecule has 4 aromatic carbocycles. The SMILES string of the molecule is CCOC(=O)C1(c2ccccc2)CCC(C(=O)NCCCNC(=O)c2ccccc2-c2ccc(C(F)(F)F)cc2)c2ccccc21. The van der Waals surface area contributed by atoms with Gasteiger partial charge in [0.1, 0.15) is 5.41 Å². The molecule has 4 aromatic rings. The summed E-state index contributed by atoms with van der Waals surface area (Å²) in [5.74, 6) is -1.30. The van der Waals surface area contributed by atoms with Gasteiger partial charge in [-0.3, -0.25) is 14.4 Å². The van der Waals surface area contributed by atoms with Crippen LogP contribution in [0, 0.1) is 0 Å². The Kier molecular flexibility index (Phi) is 9.90. The van der Waals surface area contributed by atoms with E-state index < -0.39 is 23.1 Å². The highest BCUT2D eigenvalue weighted by Gasteiger charge is 2.49. The van der Waals surface area contributed by atoms with E-state index in [1.165, 1.54) is 12.1 Å². The first-order valence-electron chi connectivity index (χ1n) is 15.3. The summed E-state index contributed by atoms with van der Waals surface area (Å²) in [6.45, 7) is 2.63. The summed E-state index contributed by atoms with van der Waals surface area (Å²) in [7, 11) is 0. The lowest BCUT2D eigenvalue weighted by molar-refractivity contribution is -0.149. The predicted octanol–water partition coefficient (Wildman–Crippen LogP) is 7.04. The minimum atomic E-state index is -4.44. The van der Waals surface area contributed by atoms with E-state index in [-0.39, 0.29) is 30.9 Å². The van der Waals surface area contributed by atoms with Crippen LogP contribution in [-0.2, 0) is 25.9 Å². The van der Waals surface area contributed by atoms with Crippen LogP contribution < -0.4 is 10.6 Å². The predicted molar refractivity (Wildman–Crippen MR) is 169 cm³/mol. The molecule has 9 heteroatoms. The van der Waals surface area contributed by atoms with Gasteiger partial charge in [-0.1, -0.05) is 84.9 Å². The topological polar surface area (TPSA) is 84.5 Å². The van der Waals surface area contributed by atoms with Crippen molar-refractivity contribution in [2.75, 3.05) is 19.7 Å². The average Bonchev–Trinajstić information content (AvgIpc) is 3.07. The molecule has 5 rings (SSSR count). The van der Waals surface area contributed by atoms with Crippen molar-refractivity contribution in [3.8, 4) is 11.1 Å². The fourth-order valence-corrected chi connectivity index (χ4v) is 6.21. The van der Waals surface area contributed by atoms with Gasteiger partial charge in [-0.05, 0) is 72.2 Å². The van der Waals surface area contributed by atoms with Crippen LogP contribution in [0.2, 0.25) is 0 Å². The van der Waals surface area contributed by atoms with Gasteiger partial charge < -0.3 is 15.4 Å². The number of nitrogens with one attached hydrogen (secondary N) is 2. The number of hydrogen-bond donors (Lipinski definition) is 2. The van der Waals surface area contributed by atoms with E-state index in [0.717, 1.165) is 28.8 Å². The zero-order valence-corrected chi connectivity index (χ0v) is 25.4. The van der Waals surface area contributed by atoms with Gasteiger partial charge in [0, 0.05) is 18.7 Å². The maximum atomic E-state index is 13.5. The number of carbonyl (C=O) groups excluding carboxylic acids is 3. The molecule has 0 spiro atoms. The molecule has 2 unspecified atom stereocenters. The summed E-state index contributed by atoms with van der Waals surface area (Å²) >= 11 is 0. The summed E-state index contributed by atoms with van der Waals surface area (Å²) in [6.07, 6.45) is -3.11. The summed E-state index contributed by atoms with van der Waals surface area (Å²) in [5, 5.41) is 5.83. The molecule has 2 amide bonds. The maximum Gasteiger partial charge on any atom is 0.416 e. The number of carbonyl (C=O) groups is 3. The van der Waals surface area contributed by atoms with Crippen LogP contribution in [0.25, 0.3) is 11.1 Å². The molecule has 2 atom stereocenters. The molecule has 1 aliphatic rings. The molecule has 46 heavy (non-hydrogen) atoms. The third kappa shape index (κ3) is 6.68. The Balaban J connectivity index is 1.21. The van der Waals surface area contributed by atoms with Gasteiger partial charge in [0.05, 0.1) is 18.1 Å². The number of alkyl halides is 3. The molecule has 6 nitrogen and oxygen atoms in total. The normalized spacial score (nSPS) is 17.4. The summed E-state index contributed by atoms with van der Waals surface area (Å²) < 4.78 is 44.6. The zero-order chi connectivity index (χ0) is 32.7. The van der Waals surface area contributed by atoms with Gasteiger partial charge in [0.25, 0.3) is 5.91 Å². The largest absolute Gasteiger partial charge is 0.465 e. The zero-order valence-electron chi connectivity index (χ0n) is 25.4. The molecular formula is C37H35F3N2O4. The molecule has 0 heterocycles. The van der Waals surface area contributed by atoms with E-state index in [9.17, 15) is 27.6 Å². The van der Waals surface area contributed by atoms with Crippen LogP contribution in [0.4, 0.5) is 13.2 Å². The highest BCUT2D eigenvalue weighted by atomic mass is 19.4. The molecule has 0 saturated heterocycles. The van der Waals surface area contributed by atoms with Crippen molar-refractivity contribution in [3.63, 3.8) is 0 Å². The van der Waals surface area contributed by atoms with Crippen molar-refractivity contribution >= 4 is 17.8 Å². The first-order chi connectivity index (χ1) is 22.2. The fraction of sp³-hybridized carbons (Fsp3) is 0.270. The Labute approximate surface area is 266 Å². The Morgan fingerprint density at radius 2 is 1.48 bits per heavy atom. The van der Waals surface area contributed by atoms with Crippen LogP contribution in [0.5, 0.6) is 0 Å². The second kappa shape index (κ2) is 14.0. The molecular weight excluding hydrogens is 593 g/mol. The van der Waals surface area contributed by atoms with Gasteiger partial charge in [-0.15, -0.1) is 0 Å². The molecule has 238 valence electrons. The summed E-state index contributed by atoms with van der Waals surface area (Å²) in [5.41, 5.74) is 1.98. The Hall–Kier alpha value is -4.92. The highest BCUT2D eigenvalue weighted by molar-refractivity contribution is 6.01. The molecule has 1 aliphatic carbocycles. The fourth-order valence-electron chi connectivity index (χ4n) is 6.21. The van der Waals surface area contributed by atoms with Crippen LogP contribution in [-0.4, -0.2) is 37.5 Å². The summed E-state index contributed by atoms with van der Waals surface area (Å²) in [6, 6.07) is 28.5. The van der Waals surface area contributed by atoms with E-state index >= 15 is 0 Å². The van der Waals surface area contributed by atoms with Crippen molar-refractivity contribution in [1.29, 1.82) is 0 Å². The third-order valence-corrected chi connectivity index (χ3v) is 8.44. The summed E-state index contributed by atoms with van der Waals surface area (Å²) in [4.78, 5) is 39.9. The van der Waals surface area contributed by atoms with Crippen LogP contribution in [0.1, 0.15) is 64.7 Å². The average molecular weight is 629 g/mol. The molecule has 0 aromatic heterocycles. The van der Waals surface area contributed by atoms with E-state index in [4.69, 9.17) is 4.74 Å². The highest BCUT2D eigenvalue weighted by Crippen LogP contribution is 2.48. The minimum absolute atomic E-state index is 0.156. The molecule has 0 aliphatic heterocycles. The maximum absolute atomic E-state index is 13.5. The lowest BCUT2D eigenvalue weighted by atomic mass is 9.63. The Morgan fingerprint density at radius 3 is 2.20 bits per heavy atom. The number of esters is 1. The van der Waals surface area contributed by atoms with Gasteiger partial charge in [0.15, 0.2) is 0 Å². The van der Waals surface area contributed by atoms with E-state index in [1.807, 2.05) is 54.6 Å². The Morgan fingerprint density at radius 1 is 0.826 bits per heavy atom. The number of hydrogen-bond acceptors (Lipinski definition) is 4. The van der Waals surface area contributed by atoms with Crippen molar-refractivity contribution in [1.82, 2.24) is 10.6 Å². The van der Waals surface area contributed by atoms with Gasteiger partial charge in [-0.2, -0.15) is 13.2 Å². The molecule has 0 fully saturated rings. The minimum Gasteiger partial charge on any atom is -0.465 e. The number of benzene rings is 4. The monoisotopic (exact) mass is 628 g/mol. The van der Waals surface area contributed by atoms with Gasteiger partial charge in [0.2, 0.25) is 5.91 Å². The third-order valence-electron chi connectivity index (χ3n) is 8.44. The van der Waals surface area contributed by atoms with E-state index in [1.54, 1.807) is 31.2 Å². The van der Waals surface area contributed by atoms with E-state index in [0.29, 0.717) is 42.5 Å². The van der Waals surface area contributed by atoms with Crippen LogP contribution >= 0.6 is 0 Å². The quantitative estimate of drug-likeness (QED) is 0.146. The number of rotatable bonds is 10. The van der Waals surface area contributed by atoms with Gasteiger partial charge in [-0.25, -0.2) is 0 Å². The van der Waals surface area contributed by atoms with E-state index in [2.05, 4.69) is 10.6 Å². The number of fused-ring (bicyclic) bond motifs is 1. The molecule has 0 bridgehead atoms. The second-order valence-electron chi connectivity index (χ2n) is 11.2. The van der Waals surface area contributed by atoms with Crippen molar-refractivity contribution in [2.45, 2.75) is 43.7 Å². The Bertz CT molecular complexity index is 1690. The number of ether oxygens (including phenoxy) is 1. The van der Waals surface area contributed by atoms with Crippen molar-refractivity contribution in [2.24, 2.45) is 0 Å². The van der Waals surface area contributed by atoms with Gasteiger partial charge >= 0.3 is 12.1 Å². The standard InChI is InChI=1S/C37H35F3N2O4/c1-2-46-35(45)36(26-11-4-3-5-12-26)22-21-31(29-14-8-9-16-32(29)36)34(44)42-24-10-23-41-33(43)30-15-7-6-13-28(30)25-17-19-27(20-18-25)37(38,39)40/h3-9,11-20,31H,2,10,21-24H2,1H3,(H,41,43)(H,42,44). The first kappa shape index (κ1) is 32.5. The lowest BCUT2D eigenvalue weighted by Gasteiger charge is -2.40. The van der Waals surface area contributed by atoms with Crippen molar-refractivity contribution in [3.05, 3.63) is 131 Å². The molecule has 0 saturated carbocycles. The lowest BCUT2D eigenvalue weighted by Crippen LogP contribution is -2.45.